The van der Waals surface area contributed by atoms with Gasteiger partial charge in [-0.25, -0.2) is 0 Å². The molecule has 9 nitrogen and oxygen atoms in total. The number of imide groups is 1. The molecule has 1 saturated heterocycles. The zero-order chi connectivity index (χ0) is 25.3. The second-order valence-electron chi connectivity index (χ2n) is 8.58. The number of hydrogen-bond donors (Lipinski definition) is 1. The largest absolute Gasteiger partial charge is 0.497 e. The first kappa shape index (κ1) is 23.1. The highest BCUT2D eigenvalue weighted by molar-refractivity contribution is 6.08. The molecule has 1 N–H and O–H groups in total. The third-order valence-electron chi connectivity index (χ3n) is 6.29. The number of pyridine rings is 2. The lowest BCUT2D eigenvalue weighted by Gasteiger charge is -2.25. The predicted molar refractivity (Wildman–Crippen MR) is 129 cm³/mol. The van der Waals surface area contributed by atoms with E-state index in [2.05, 4.69) is 27.1 Å². The molecule has 1 fully saturated rings. The van der Waals surface area contributed by atoms with E-state index in [9.17, 15) is 14.4 Å². The minimum Gasteiger partial charge on any atom is -0.497 e. The maximum atomic E-state index is 13.1. The van der Waals surface area contributed by atoms with E-state index in [1.807, 2.05) is 6.07 Å². The standard InChI is InChI=1S/C27H22N4O5/c1-35-19-5-4-18-15-31(25(33)20(18)11-19)16-27(12-24(32)30-26(27)34)9-7-17-3-6-22(29-13-17)21-14-28-10-8-23(21)36-2/h3-6,8,10-11,13-14H,12,15-16H2,1-2H3,(H,30,32,34)/t27-/m1/s1. The Labute approximate surface area is 207 Å². The Morgan fingerprint density at radius 2 is 1.92 bits per heavy atom. The molecule has 2 aliphatic rings. The summed E-state index contributed by atoms with van der Waals surface area (Å²) < 4.78 is 10.6. The van der Waals surface area contributed by atoms with Crippen LogP contribution in [0.4, 0.5) is 0 Å². The maximum Gasteiger partial charge on any atom is 0.254 e. The Hall–Kier alpha value is -4.71. The van der Waals surface area contributed by atoms with E-state index in [0.29, 0.717) is 34.9 Å². The van der Waals surface area contributed by atoms with Gasteiger partial charge < -0.3 is 14.4 Å². The molecule has 4 heterocycles. The van der Waals surface area contributed by atoms with Gasteiger partial charge in [-0.3, -0.25) is 29.7 Å². The van der Waals surface area contributed by atoms with Crippen LogP contribution >= 0.6 is 0 Å². The van der Waals surface area contributed by atoms with Gasteiger partial charge in [0.15, 0.2) is 0 Å². The molecular formula is C27H22N4O5. The second kappa shape index (κ2) is 9.15. The summed E-state index contributed by atoms with van der Waals surface area (Å²) in [5, 5.41) is 2.34. The molecule has 9 heteroatoms. The average Bonchev–Trinajstić information content (AvgIpc) is 3.36. The van der Waals surface area contributed by atoms with Crippen molar-refractivity contribution in [1.29, 1.82) is 0 Å². The summed E-state index contributed by atoms with van der Waals surface area (Å²) in [5.74, 6) is 6.04. The Morgan fingerprint density at radius 3 is 2.61 bits per heavy atom. The summed E-state index contributed by atoms with van der Waals surface area (Å²) in [5.41, 5.74) is 1.95. The van der Waals surface area contributed by atoms with Crippen molar-refractivity contribution in [2.24, 2.45) is 5.41 Å². The monoisotopic (exact) mass is 482 g/mol. The second-order valence-corrected chi connectivity index (χ2v) is 8.58. The van der Waals surface area contributed by atoms with Crippen molar-refractivity contribution in [3.63, 3.8) is 0 Å². The van der Waals surface area contributed by atoms with Gasteiger partial charge in [0.25, 0.3) is 5.91 Å². The smallest absolute Gasteiger partial charge is 0.254 e. The minimum atomic E-state index is -1.36. The lowest BCUT2D eigenvalue weighted by atomic mass is 9.85. The highest BCUT2D eigenvalue weighted by Crippen LogP contribution is 2.34. The summed E-state index contributed by atoms with van der Waals surface area (Å²) in [6.45, 7) is 0.318. The number of nitrogens with zero attached hydrogens (tertiary/aromatic N) is 3. The molecule has 2 aliphatic heterocycles. The van der Waals surface area contributed by atoms with E-state index in [1.54, 1.807) is 60.9 Å². The highest BCUT2D eigenvalue weighted by atomic mass is 16.5. The van der Waals surface area contributed by atoms with Crippen LogP contribution in [-0.4, -0.2) is 53.4 Å². The number of fused-ring (bicyclic) bond motifs is 1. The van der Waals surface area contributed by atoms with Gasteiger partial charge in [0, 0.05) is 42.8 Å². The number of ether oxygens (including phenoxy) is 2. The van der Waals surface area contributed by atoms with Crippen molar-refractivity contribution in [3.05, 3.63) is 71.7 Å². The molecule has 0 radical (unpaired) electrons. The van der Waals surface area contributed by atoms with Crippen LogP contribution < -0.4 is 14.8 Å². The Morgan fingerprint density at radius 1 is 1.06 bits per heavy atom. The number of methoxy groups -OCH3 is 2. The fraction of sp³-hybridized carbons (Fsp3) is 0.222. The molecule has 0 unspecified atom stereocenters. The van der Waals surface area contributed by atoms with Crippen molar-refractivity contribution in [2.75, 3.05) is 20.8 Å². The first-order chi connectivity index (χ1) is 17.4. The van der Waals surface area contributed by atoms with Gasteiger partial charge in [0.05, 0.1) is 31.9 Å². The van der Waals surface area contributed by atoms with Crippen LogP contribution in [0.3, 0.4) is 0 Å². The average molecular weight is 482 g/mol. The van der Waals surface area contributed by atoms with Crippen LogP contribution in [0.2, 0.25) is 0 Å². The van der Waals surface area contributed by atoms with Gasteiger partial charge in [-0.15, -0.1) is 0 Å². The van der Waals surface area contributed by atoms with Gasteiger partial charge in [-0.1, -0.05) is 17.9 Å². The number of carbonyl (C=O) groups excluding carboxylic acids is 3. The third kappa shape index (κ3) is 4.14. The van der Waals surface area contributed by atoms with E-state index in [4.69, 9.17) is 9.47 Å². The Bertz CT molecular complexity index is 1440. The van der Waals surface area contributed by atoms with Crippen molar-refractivity contribution >= 4 is 17.7 Å². The van der Waals surface area contributed by atoms with E-state index in [0.717, 1.165) is 11.1 Å². The summed E-state index contributed by atoms with van der Waals surface area (Å²) in [6, 6.07) is 10.6. The van der Waals surface area contributed by atoms with Crippen molar-refractivity contribution in [1.82, 2.24) is 20.2 Å². The summed E-state index contributed by atoms with van der Waals surface area (Å²) in [6.07, 6.45) is 4.76. The molecule has 3 amide bonds. The number of nitrogens with one attached hydrogen (secondary N) is 1. The van der Waals surface area contributed by atoms with E-state index < -0.39 is 17.2 Å². The summed E-state index contributed by atoms with van der Waals surface area (Å²) >= 11 is 0. The van der Waals surface area contributed by atoms with E-state index in [-0.39, 0.29) is 18.9 Å². The Kier molecular flexibility index (Phi) is 5.86. The first-order valence-corrected chi connectivity index (χ1v) is 11.2. The van der Waals surface area contributed by atoms with Crippen LogP contribution in [0.15, 0.2) is 55.0 Å². The van der Waals surface area contributed by atoms with Crippen molar-refractivity contribution < 1.29 is 23.9 Å². The molecule has 36 heavy (non-hydrogen) atoms. The van der Waals surface area contributed by atoms with Crippen LogP contribution in [0.25, 0.3) is 11.3 Å². The number of hydrogen-bond acceptors (Lipinski definition) is 7. The van der Waals surface area contributed by atoms with Crippen molar-refractivity contribution in [3.8, 4) is 34.6 Å². The molecule has 0 spiro atoms. The van der Waals surface area contributed by atoms with Crippen LogP contribution in [0.5, 0.6) is 11.5 Å². The normalized spacial score (nSPS) is 18.4. The number of aromatic nitrogens is 2. The van der Waals surface area contributed by atoms with E-state index >= 15 is 0 Å². The molecule has 2 aromatic heterocycles. The minimum absolute atomic E-state index is 0.00814. The van der Waals surface area contributed by atoms with Crippen LogP contribution in [0.1, 0.15) is 27.9 Å². The fourth-order valence-corrected chi connectivity index (χ4v) is 4.40. The zero-order valence-electron chi connectivity index (χ0n) is 19.7. The van der Waals surface area contributed by atoms with Gasteiger partial charge in [-0.2, -0.15) is 0 Å². The quantitative estimate of drug-likeness (QED) is 0.438. The van der Waals surface area contributed by atoms with Crippen LogP contribution in [-0.2, 0) is 16.1 Å². The lowest BCUT2D eigenvalue weighted by Crippen LogP contribution is -2.42. The predicted octanol–water partition coefficient (Wildman–Crippen LogP) is 2.20. The molecule has 180 valence electrons. The van der Waals surface area contributed by atoms with Crippen molar-refractivity contribution in [2.45, 2.75) is 13.0 Å². The molecule has 1 atom stereocenters. The fourth-order valence-electron chi connectivity index (χ4n) is 4.40. The first-order valence-electron chi connectivity index (χ1n) is 11.2. The van der Waals surface area contributed by atoms with Gasteiger partial charge in [0.2, 0.25) is 11.8 Å². The molecule has 5 rings (SSSR count). The van der Waals surface area contributed by atoms with Gasteiger partial charge in [-0.05, 0) is 35.9 Å². The van der Waals surface area contributed by atoms with E-state index in [1.165, 1.54) is 7.11 Å². The number of benzene rings is 1. The SMILES string of the molecule is COc1ccc2c(c1)C(=O)N(C[C@@]1(C#Cc3ccc(-c4cnccc4OC)nc3)CC(=O)NC1=O)C2. The molecular weight excluding hydrogens is 460 g/mol. The zero-order valence-corrected chi connectivity index (χ0v) is 19.7. The molecule has 0 bridgehead atoms. The highest BCUT2D eigenvalue weighted by Gasteiger charge is 2.48. The molecule has 0 aliphatic carbocycles. The molecule has 3 aromatic rings. The van der Waals surface area contributed by atoms with Gasteiger partial charge >= 0.3 is 0 Å². The Balaban J connectivity index is 1.41. The maximum absolute atomic E-state index is 13.1. The lowest BCUT2D eigenvalue weighted by molar-refractivity contribution is -0.127. The number of amides is 3. The third-order valence-corrected chi connectivity index (χ3v) is 6.29. The number of rotatable bonds is 5. The van der Waals surface area contributed by atoms with Crippen LogP contribution in [0, 0.1) is 17.3 Å². The van der Waals surface area contributed by atoms with Gasteiger partial charge in [0.1, 0.15) is 16.9 Å². The molecule has 0 saturated carbocycles. The summed E-state index contributed by atoms with van der Waals surface area (Å²) in [7, 11) is 3.11. The summed E-state index contributed by atoms with van der Waals surface area (Å²) in [4.78, 5) is 48.2. The number of carbonyl (C=O) groups is 3. The topological polar surface area (TPSA) is 111 Å². The molecule has 1 aromatic carbocycles.